The summed E-state index contributed by atoms with van der Waals surface area (Å²) in [5, 5.41) is 75.9. The molecule has 0 aliphatic carbocycles. The lowest BCUT2D eigenvalue weighted by molar-refractivity contribution is -0.126. The van der Waals surface area contributed by atoms with Crippen molar-refractivity contribution in [3.63, 3.8) is 0 Å². The lowest BCUT2D eigenvalue weighted by atomic mass is 9.86. The average molecular weight is 1870 g/mol. The number of benzene rings is 4. The number of anilines is 2. The second-order valence-corrected chi connectivity index (χ2v) is 37.5. The normalized spacial score (nSPS) is 14.9. The Labute approximate surface area is 759 Å². The van der Waals surface area contributed by atoms with Crippen LogP contribution in [0.5, 0.6) is 0 Å². The fourth-order valence-corrected chi connectivity index (χ4v) is 15.7. The highest BCUT2D eigenvalue weighted by Crippen LogP contribution is 2.42. The molecule has 4 aromatic carbocycles. The molecule has 0 unspecified atom stereocenters. The van der Waals surface area contributed by atoms with Gasteiger partial charge in [-0.3, -0.25) is 19.2 Å². The Balaban J connectivity index is 0.000000194. The second-order valence-electron chi connectivity index (χ2n) is 36.2. The molecule has 12 rings (SSSR count). The van der Waals surface area contributed by atoms with Crippen molar-refractivity contribution in [2.75, 3.05) is 117 Å². The lowest BCUT2D eigenvalue weighted by Crippen LogP contribution is -2.55. The molecule has 0 saturated carbocycles. The van der Waals surface area contributed by atoms with Gasteiger partial charge in [0, 0.05) is 134 Å². The third-order valence-electron chi connectivity index (χ3n) is 21.8. The van der Waals surface area contributed by atoms with E-state index in [9.17, 15) is 64.7 Å². The summed E-state index contributed by atoms with van der Waals surface area (Å²) in [6, 6.07) is 8.12. The third kappa shape index (κ3) is 24.9. The van der Waals surface area contributed by atoms with E-state index < -0.39 is 128 Å². The van der Waals surface area contributed by atoms with Crippen LogP contribution < -0.4 is 52.3 Å². The van der Waals surface area contributed by atoms with E-state index in [1.54, 1.807) is 57.0 Å². The predicted molar refractivity (Wildman–Crippen MR) is 478 cm³/mol. The highest BCUT2D eigenvalue weighted by atomic mass is 35.5. The van der Waals surface area contributed by atoms with E-state index in [1.165, 1.54) is 44.4 Å². The zero-order valence-corrected chi connectivity index (χ0v) is 77.4. The summed E-state index contributed by atoms with van der Waals surface area (Å²) in [4.78, 5) is 111. The number of likely N-dealkylation sites (N-methyl/N-ethyl adjacent to an activating group) is 2. The van der Waals surface area contributed by atoms with Gasteiger partial charge in [0.15, 0.2) is 11.6 Å². The number of nitrogens with one attached hydrogen (secondary N) is 8. The number of nitrogens with zero attached hydrogens (tertiary/aromatic N) is 12. The van der Waals surface area contributed by atoms with Crippen LogP contribution in [0.25, 0.3) is 45.0 Å². The van der Waals surface area contributed by atoms with Crippen LogP contribution in [0, 0.1) is 56.6 Å². The average Bonchev–Trinajstić information content (AvgIpc) is 1.85. The molecule has 4 aliphatic rings. The van der Waals surface area contributed by atoms with E-state index in [4.69, 9.17) is 55.2 Å². The van der Waals surface area contributed by atoms with Crippen molar-refractivity contribution in [3.8, 4) is 45.0 Å². The van der Waals surface area contributed by atoms with Gasteiger partial charge in [-0.05, 0) is 135 Å². The summed E-state index contributed by atoms with van der Waals surface area (Å²) in [6.45, 7) is 25.0. The van der Waals surface area contributed by atoms with Crippen LogP contribution in [0.15, 0.2) is 66.7 Å². The van der Waals surface area contributed by atoms with Crippen molar-refractivity contribution in [1.82, 2.24) is 91.5 Å². The molecule has 12 N–H and O–H groups in total. The molecule has 0 fully saturated rings. The monoisotopic (exact) mass is 1860 g/mol. The number of hydrogen-bond acceptors (Lipinski definition) is 20. The van der Waals surface area contributed by atoms with E-state index in [1.807, 2.05) is 98.2 Å². The van der Waals surface area contributed by atoms with Gasteiger partial charge < -0.3 is 82.6 Å². The number of carbonyl (C=O) groups excluding carboxylic acids is 8. The molecule has 702 valence electrons. The largest absolute Gasteiger partial charge is 0.395 e. The summed E-state index contributed by atoms with van der Waals surface area (Å²) >= 11 is 17.9. The van der Waals surface area contributed by atoms with E-state index >= 15 is 0 Å². The first-order valence-electron chi connectivity index (χ1n) is 42.1. The van der Waals surface area contributed by atoms with Gasteiger partial charge in [0.2, 0.25) is 23.6 Å². The summed E-state index contributed by atoms with van der Waals surface area (Å²) in [5.74, 6) is -6.75. The smallest absolute Gasteiger partial charge is 0.343 e. The number of hydrogen-bond donors (Lipinski definition) is 12. The standard InChI is InChI=1S/3C22H29ClFN5O3.C22H28F3N5O3/c1-22(2,3)19(20(31)25-8-10-30)26-21(32)29-17-12-28(4)9-7-14(17)18(27-29)15-11-13(23)5-6-16(15)24;1-22(2,3)19(20(31)25-8-10-30)26-21(32)29-17-12-28(4)9-7-15(17)18(27-29)14-6-5-13(23)11-16(14)24;1-22(2,3)19(20(31)25-9-11-30)26-21(32)29-16-6-5-10-28(4)18(16)17(27-29)14-8-7-13(23)12-15(14)24;1-22(2,3)19(20(32)26-7-9-31)27-21(33)30-16-6-5-8-29(4)18(16)17(28-30)12-10-14(24)15(25)11-13(12)23/h2*5-6,11,19,30H,7-10,12H2,1-4H3,(H,25,31)(H,26,32);7-8,12,19,30H,5-6,9-11H2,1-4H3,(H,25,31)(H,26,32);10-11,19,31H,5-9H2,1-4H3,(H,26,32)(H,27,33)/t4*19-/m1111/s1. The molecule has 0 saturated heterocycles. The molecule has 4 atom stereocenters. The SMILES string of the molecule is CN1CCCc2c1c(-c1cc(F)c(F)cc1F)nn2C(=O)N[C@H](C(=O)NCCO)C(C)(C)C.CN1CCCc2c1c(-c1ccc(Cl)cc1F)nn2C(=O)N[C@H](C(=O)NCCO)C(C)(C)C.CN1CCc2c(-c3cc(Cl)ccc3F)nn(C(=O)N[C@H](C(=O)NCCO)C(C)(C)C)c2C1.CN1CCc2c(-c3ccc(Cl)cc3F)nn(C(=O)N[C@H](C(=O)NCCO)C(C)(C)C)c2C1. The summed E-state index contributed by atoms with van der Waals surface area (Å²) in [7, 11) is 7.47. The number of halogens is 9. The molecule has 32 nitrogen and oxygen atoms in total. The topological polar surface area (TPSA) is 398 Å². The fourth-order valence-electron chi connectivity index (χ4n) is 15.2. The molecule has 4 aromatic heterocycles. The Morgan fingerprint density at radius 3 is 0.984 bits per heavy atom. The Morgan fingerprint density at radius 2 is 0.643 bits per heavy atom. The molecule has 41 heteroatoms. The van der Waals surface area contributed by atoms with Gasteiger partial charge in [0.1, 0.15) is 58.8 Å². The molecule has 8 aromatic rings. The molecule has 0 spiro atoms. The number of amides is 8. The van der Waals surface area contributed by atoms with Crippen LogP contribution in [-0.4, -0.2) is 248 Å². The van der Waals surface area contributed by atoms with Gasteiger partial charge >= 0.3 is 24.1 Å². The predicted octanol–water partition coefficient (Wildman–Crippen LogP) is 10.1. The number of aliphatic hydroxyl groups is 4. The minimum atomic E-state index is -1.32. The first-order chi connectivity index (χ1) is 60.5. The van der Waals surface area contributed by atoms with E-state index in [0.717, 1.165) is 47.9 Å². The van der Waals surface area contributed by atoms with Crippen molar-refractivity contribution in [2.45, 2.75) is 159 Å². The Morgan fingerprint density at radius 1 is 0.357 bits per heavy atom. The highest BCUT2D eigenvalue weighted by molar-refractivity contribution is 6.31. The van der Waals surface area contributed by atoms with Crippen LogP contribution in [0.1, 0.15) is 130 Å². The van der Waals surface area contributed by atoms with Gasteiger partial charge in [-0.25, -0.2) is 45.5 Å². The maximum absolute atomic E-state index is 14.7. The number of carbonyl (C=O) groups is 8. The van der Waals surface area contributed by atoms with Crippen molar-refractivity contribution in [1.29, 1.82) is 0 Å². The second kappa shape index (κ2) is 43.3. The highest BCUT2D eigenvalue weighted by Gasteiger charge is 2.42. The number of rotatable bonds is 20. The van der Waals surface area contributed by atoms with Crippen LogP contribution in [0.4, 0.5) is 56.9 Å². The third-order valence-corrected chi connectivity index (χ3v) is 22.5. The van der Waals surface area contributed by atoms with E-state index in [-0.39, 0.29) is 90.6 Å². The molecule has 8 heterocycles. The number of aromatic nitrogens is 8. The van der Waals surface area contributed by atoms with Crippen LogP contribution in [0.2, 0.25) is 15.1 Å². The molecular weight excluding hydrogens is 1750 g/mol. The zero-order chi connectivity index (χ0) is 95.4. The number of aliphatic hydroxyl groups excluding tert-OH is 4. The fraction of sp³-hybridized carbons (Fsp3) is 0.500. The first kappa shape index (κ1) is 102. The van der Waals surface area contributed by atoms with Gasteiger partial charge in [0.25, 0.3) is 0 Å². The molecule has 129 heavy (non-hydrogen) atoms. The minimum absolute atomic E-state index is 0.00999. The van der Waals surface area contributed by atoms with E-state index in [2.05, 4.69) is 62.9 Å². The van der Waals surface area contributed by atoms with Gasteiger partial charge in [0.05, 0.1) is 72.0 Å². The molecule has 0 radical (unpaired) electrons. The van der Waals surface area contributed by atoms with Crippen LogP contribution in [0.3, 0.4) is 0 Å². The molecular formula is C88H115Cl3F6N20O12. The minimum Gasteiger partial charge on any atom is -0.395 e. The molecule has 4 aliphatic heterocycles. The summed E-state index contributed by atoms with van der Waals surface area (Å²) in [5.41, 5.74) is 4.32. The van der Waals surface area contributed by atoms with Crippen LogP contribution in [-0.2, 0) is 58.0 Å². The lowest BCUT2D eigenvalue weighted by Gasteiger charge is -2.30. The Kier molecular flexibility index (Phi) is 34.3. The van der Waals surface area contributed by atoms with Gasteiger partial charge in [-0.2, -0.15) is 39.1 Å². The Bertz CT molecular complexity index is 5430. The maximum atomic E-state index is 14.7. The quantitative estimate of drug-likeness (QED) is 0.0249. The van der Waals surface area contributed by atoms with Crippen molar-refractivity contribution in [2.24, 2.45) is 21.7 Å². The first-order valence-corrected chi connectivity index (χ1v) is 43.2. The van der Waals surface area contributed by atoms with Crippen molar-refractivity contribution < 1.29 is 85.1 Å². The van der Waals surface area contributed by atoms with Crippen LogP contribution >= 0.6 is 34.8 Å². The van der Waals surface area contributed by atoms with Gasteiger partial charge in [-0.15, -0.1) is 0 Å². The number of fused-ring (bicyclic) bond motifs is 4. The molecule has 8 amide bonds. The van der Waals surface area contributed by atoms with Gasteiger partial charge in [-0.1, -0.05) is 118 Å². The summed E-state index contributed by atoms with van der Waals surface area (Å²) < 4.78 is 90.7. The van der Waals surface area contributed by atoms with Crippen molar-refractivity contribution >= 4 is 93.9 Å². The molecule has 0 bridgehead atoms. The summed E-state index contributed by atoms with van der Waals surface area (Å²) in [6.07, 6.45) is 3.75. The zero-order valence-electron chi connectivity index (χ0n) is 75.1. The Hall–Kier alpha value is -10.7. The van der Waals surface area contributed by atoms with Crippen molar-refractivity contribution in [3.05, 3.63) is 151 Å². The van der Waals surface area contributed by atoms with E-state index in [0.29, 0.717) is 114 Å². The maximum Gasteiger partial charge on any atom is 0.343 e.